The van der Waals surface area contributed by atoms with Gasteiger partial charge in [-0.25, -0.2) is 9.59 Å². The molecule has 0 spiro atoms. The summed E-state index contributed by atoms with van der Waals surface area (Å²) < 4.78 is 27.9. The summed E-state index contributed by atoms with van der Waals surface area (Å²) in [5.41, 5.74) is 18.8. The topological polar surface area (TPSA) is 406 Å². The van der Waals surface area contributed by atoms with E-state index in [0.717, 1.165) is 66.3 Å². The van der Waals surface area contributed by atoms with Gasteiger partial charge >= 0.3 is 18.1 Å². The van der Waals surface area contributed by atoms with E-state index in [4.69, 9.17) is 35.2 Å². The number of ether oxygens (including phenoxy) is 5. The Morgan fingerprint density at radius 2 is 1.11 bits per heavy atom. The first-order valence-corrected chi connectivity index (χ1v) is 40.5. The molecule has 10 rings (SSSR count). The van der Waals surface area contributed by atoms with Crippen molar-refractivity contribution in [2.45, 2.75) is 193 Å². The number of imide groups is 1. The first-order chi connectivity index (χ1) is 55.6. The van der Waals surface area contributed by atoms with Crippen molar-refractivity contribution in [2.75, 3.05) is 87.2 Å². The number of primary amides is 1. The lowest BCUT2D eigenvalue weighted by molar-refractivity contribution is -0.150. The number of carbonyl (C=O) groups is 11. The van der Waals surface area contributed by atoms with Gasteiger partial charge in [-0.2, -0.15) is 0 Å². The van der Waals surface area contributed by atoms with E-state index >= 15 is 0 Å². The minimum atomic E-state index is -1.33. The summed E-state index contributed by atoms with van der Waals surface area (Å²) in [5, 5.41) is 31.7. The van der Waals surface area contributed by atoms with Crippen LogP contribution in [0.15, 0.2) is 109 Å². The summed E-state index contributed by atoms with van der Waals surface area (Å²) in [4.78, 5) is 149. The van der Waals surface area contributed by atoms with Crippen LogP contribution >= 0.6 is 0 Å². The van der Waals surface area contributed by atoms with Crippen LogP contribution in [0.4, 0.5) is 32.3 Å². The molecule has 5 aromatic rings. The Morgan fingerprint density at radius 3 is 1.74 bits per heavy atom. The highest BCUT2D eigenvalue weighted by molar-refractivity contribution is 6.02. The van der Waals surface area contributed by atoms with Gasteiger partial charge in [-0.1, -0.05) is 121 Å². The number of aliphatic carboxylic acids is 1. The number of anilines is 4. The van der Waals surface area contributed by atoms with Gasteiger partial charge in [0.2, 0.25) is 47.3 Å². The Kier molecular flexibility index (Phi) is 30.8. The number of nitrogens with zero attached hydrogens (tertiary/aromatic N) is 1. The van der Waals surface area contributed by atoms with E-state index in [1.54, 1.807) is 49.1 Å². The van der Waals surface area contributed by atoms with Crippen LogP contribution in [-0.4, -0.2) is 155 Å². The van der Waals surface area contributed by atoms with Gasteiger partial charge in [-0.05, 0) is 187 Å². The van der Waals surface area contributed by atoms with E-state index in [1.807, 2.05) is 80.6 Å². The Labute approximate surface area is 678 Å². The van der Waals surface area contributed by atoms with Crippen molar-refractivity contribution in [1.29, 1.82) is 0 Å². The van der Waals surface area contributed by atoms with Crippen molar-refractivity contribution >= 4 is 88.1 Å². The lowest BCUT2D eigenvalue weighted by atomic mass is 9.49. The van der Waals surface area contributed by atoms with Crippen LogP contribution in [0, 0.1) is 40.4 Å². The Hall–Kier alpha value is -10.7. The number of aryl methyl sites for hydroxylation is 2. The fourth-order valence-corrected chi connectivity index (χ4v) is 17.6. The number of nitrogens with two attached hydrogens (primary N) is 2. The fourth-order valence-electron chi connectivity index (χ4n) is 17.6. The van der Waals surface area contributed by atoms with Crippen LogP contribution in [0.1, 0.15) is 182 Å². The highest BCUT2D eigenvalue weighted by Crippen LogP contribution is 2.60. The van der Waals surface area contributed by atoms with Gasteiger partial charge in [0, 0.05) is 67.0 Å². The van der Waals surface area contributed by atoms with E-state index in [1.165, 1.54) is 11.1 Å². The van der Waals surface area contributed by atoms with Gasteiger partial charge in [0.15, 0.2) is 0 Å². The second-order valence-electron chi connectivity index (χ2n) is 32.2. The monoisotopic (exact) mass is 1600 g/mol. The third kappa shape index (κ3) is 22.7. The largest absolute Gasteiger partial charge is 0.481 e. The molecule has 2 fully saturated rings. The van der Waals surface area contributed by atoms with Crippen LogP contribution in [-0.2, 0) is 104 Å². The number of carboxylic acids is 1. The number of urea groups is 1. The number of alkyl carbamates (subject to hydrolysis) is 1. The highest BCUT2D eigenvalue weighted by Gasteiger charge is 2.59. The van der Waals surface area contributed by atoms with Crippen molar-refractivity contribution in [1.82, 2.24) is 31.9 Å². The molecule has 0 aromatic heterocycles. The average Bonchev–Trinajstić information content (AvgIpc) is 0.721. The van der Waals surface area contributed by atoms with Crippen LogP contribution in [0.3, 0.4) is 0 Å². The molecule has 622 valence electrons. The molecule has 1 heterocycles. The Morgan fingerprint density at radius 1 is 0.552 bits per heavy atom. The number of rotatable bonds is 38. The molecule has 28 nitrogen and oxygen atoms in total. The Bertz CT molecular complexity index is 4450. The van der Waals surface area contributed by atoms with Crippen molar-refractivity contribution in [2.24, 2.45) is 34.3 Å². The van der Waals surface area contributed by atoms with Gasteiger partial charge in [-0.3, -0.25) is 48.5 Å². The van der Waals surface area contributed by atoms with E-state index in [2.05, 4.69) is 80.4 Å². The second kappa shape index (κ2) is 40.7. The molecule has 13 N–H and O–H groups in total. The van der Waals surface area contributed by atoms with Crippen molar-refractivity contribution in [3.63, 3.8) is 0 Å². The highest BCUT2D eigenvalue weighted by atomic mass is 16.6. The van der Waals surface area contributed by atoms with Crippen LogP contribution in [0.5, 0.6) is 0 Å². The summed E-state index contributed by atoms with van der Waals surface area (Å²) in [6.45, 7) is 14.2. The minimum absolute atomic E-state index is 0.0204. The minimum Gasteiger partial charge on any atom is -0.481 e. The maximum atomic E-state index is 14.9. The molecule has 4 aliphatic carbocycles. The van der Waals surface area contributed by atoms with Crippen LogP contribution < -0.4 is 58.9 Å². The third-order valence-electron chi connectivity index (χ3n) is 23.9. The number of benzene rings is 5. The molecule has 1 aliphatic heterocycles. The summed E-state index contributed by atoms with van der Waals surface area (Å²) in [6, 6.07) is 28.9. The van der Waals surface area contributed by atoms with Gasteiger partial charge in [0.05, 0.1) is 75.9 Å². The molecule has 116 heavy (non-hydrogen) atoms. The predicted molar refractivity (Wildman–Crippen MR) is 436 cm³/mol. The van der Waals surface area contributed by atoms with Crippen molar-refractivity contribution < 1.29 is 81.5 Å². The molecule has 2 saturated carbocycles. The lowest BCUT2D eigenvalue weighted by Gasteiger charge is -2.56. The van der Waals surface area contributed by atoms with E-state index in [9.17, 15) is 57.8 Å². The first kappa shape index (κ1) is 87.7. The number of hydrogen-bond acceptors (Lipinski definition) is 17. The number of para-hydroxylation sites is 1. The average molecular weight is 1600 g/mol. The smallest absolute Gasteiger partial charge is 0.408 e. The molecule has 0 radical (unpaired) electrons. The third-order valence-corrected chi connectivity index (χ3v) is 23.9. The second-order valence-corrected chi connectivity index (χ2v) is 32.2. The zero-order valence-electron chi connectivity index (χ0n) is 67.4. The van der Waals surface area contributed by atoms with Gasteiger partial charge in [0.1, 0.15) is 24.7 Å². The number of amides is 11. The zero-order valence-corrected chi connectivity index (χ0v) is 67.4. The maximum absolute atomic E-state index is 14.9. The molecule has 28 heteroatoms. The molecule has 9 atom stereocenters. The van der Waals surface area contributed by atoms with Crippen molar-refractivity contribution in [3.8, 4) is 11.8 Å². The number of nitrogen functional groups attached to an aromatic ring is 1. The quantitative estimate of drug-likeness (QED) is 0.00759. The molecular formula is C88H113N11O17. The normalized spacial score (nSPS) is 20.9. The Balaban J connectivity index is 0.617. The molecule has 1 unspecified atom stereocenters. The molecule has 11 amide bonds. The summed E-state index contributed by atoms with van der Waals surface area (Å²) in [5.74, 6) is 1.36. The summed E-state index contributed by atoms with van der Waals surface area (Å²) >= 11 is 0. The standard InChI is InChI=1S/C88H113N11O17/c1-56(2)77(97-74(101)37-44-112-46-48-114-50-51-115-49-47-113-45-43-91-73(100)34-35-75(102)99-54-62-16-8-7-14-58(62)21-22-61-15-9-10-18-70(61)99)80(107)95-68(17-11-42-92-83(90)110)78(105)93-64-28-19-57(20-29-64)55-116-84(111)96-69(31-36-76(103)104)79(106)94-65-30-24-60-26-33-72-86(4,67(60)53-65)39-13-41-88(72,6)82(109)98-81(108)87(5)40-12-38-85(3)66-52-63(89)27-23-59(66)25-32-71(85)87/h7-10,14-16,18-20,23-24,27-30,52-53,56,68-69,71-72,77H,11-13,17,25-26,31-51,54-55,89H2,1-6H3,(H,91,100)(H,93,105)(H,94,106)(H,95,107)(H,96,111)(H,97,101)(H,103,104)(H3,90,92,110)(H,98,108,109)/t68-,69-,71+,72?,77-,85+,86+,87-,88-/m0/s1. The van der Waals surface area contributed by atoms with Gasteiger partial charge in [0.25, 0.3) is 0 Å². The van der Waals surface area contributed by atoms with E-state index < -0.39 is 88.4 Å². The number of nitrogens with one attached hydrogen (secondary N) is 8. The molecule has 5 aliphatic rings. The van der Waals surface area contributed by atoms with E-state index in [0.29, 0.717) is 73.8 Å². The predicted octanol–water partition coefficient (Wildman–Crippen LogP) is 9.04. The maximum Gasteiger partial charge on any atom is 0.408 e. The van der Waals surface area contributed by atoms with Crippen molar-refractivity contribution in [3.05, 3.63) is 154 Å². The summed E-state index contributed by atoms with van der Waals surface area (Å²) in [7, 11) is 0. The van der Waals surface area contributed by atoms with Crippen LogP contribution in [0.2, 0.25) is 0 Å². The van der Waals surface area contributed by atoms with E-state index in [-0.39, 0.29) is 139 Å². The number of carbonyl (C=O) groups excluding carboxylic acids is 10. The first-order valence-electron chi connectivity index (χ1n) is 40.5. The number of hydrogen-bond donors (Lipinski definition) is 11. The number of fused-ring (bicyclic) bond motifs is 8. The SMILES string of the molecule is CC(C)[C@H](NC(=O)CCOCCOCCOCCOCCNC(=O)CCC(=O)N1Cc2ccccc2C#Cc2ccccc21)C(=O)N[C@@H](CCCNC(N)=O)C(=O)Nc1ccc(COC(=O)N[C@@H](CCC(=O)O)C(=O)Nc2ccc3c(c2)[C@@]2(C)CCC[C@](C)(C(=O)NC(=O)[C@@]4(C)CCC[C@]5(C)c6cc(N)ccc6CC[C@@H]45)C2CC3)cc1. The summed E-state index contributed by atoms with van der Waals surface area (Å²) in [6.07, 6.45) is 6.16. The molecule has 0 bridgehead atoms. The lowest BCUT2D eigenvalue weighted by Crippen LogP contribution is -2.60. The van der Waals surface area contributed by atoms with Gasteiger partial charge < -0.3 is 82.4 Å². The zero-order chi connectivity index (χ0) is 83.2. The molecule has 0 saturated heterocycles. The fraction of sp³-hybridized carbons (Fsp3) is 0.511. The number of carboxylic acid groups (broad SMARTS) is 1. The molecule has 5 aromatic carbocycles. The molecular weight excluding hydrogens is 1480 g/mol. The van der Waals surface area contributed by atoms with Gasteiger partial charge in [-0.15, -0.1) is 0 Å². The van der Waals surface area contributed by atoms with Crippen LogP contribution in [0.25, 0.3) is 0 Å².